The lowest BCUT2D eigenvalue weighted by Gasteiger charge is -2.44. The highest BCUT2D eigenvalue weighted by Gasteiger charge is 2.54. The van der Waals surface area contributed by atoms with Gasteiger partial charge in [0.15, 0.2) is 12.2 Å². The molecule has 0 radical (unpaired) electrons. The first-order chi connectivity index (χ1) is 18.8. The summed E-state index contributed by atoms with van der Waals surface area (Å²) in [5.74, 6) is -7.58. The maximum absolute atomic E-state index is 13.4. The van der Waals surface area contributed by atoms with E-state index in [9.17, 15) is 33.6 Å². The van der Waals surface area contributed by atoms with Crippen molar-refractivity contribution in [3.8, 4) is 0 Å². The summed E-state index contributed by atoms with van der Waals surface area (Å²) in [6.45, 7) is 4.65. The zero-order valence-corrected chi connectivity index (χ0v) is 22.1. The van der Waals surface area contributed by atoms with Crippen LogP contribution in [0.15, 0.2) is 35.8 Å². The molecule has 2 aliphatic rings. The van der Waals surface area contributed by atoms with Crippen LogP contribution in [0.4, 0.5) is 0 Å². The van der Waals surface area contributed by atoms with Gasteiger partial charge in [-0.25, -0.2) is 0 Å². The monoisotopic (exact) mass is 562 g/mol. The Morgan fingerprint density at radius 3 is 1.68 bits per heavy atom. The summed E-state index contributed by atoms with van der Waals surface area (Å²) < 4.78 is 37.5. The van der Waals surface area contributed by atoms with E-state index in [2.05, 4.69) is 0 Å². The zero-order valence-electron chi connectivity index (χ0n) is 22.1. The number of rotatable bonds is 8. The minimum absolute atomic E-state index is 0.0577. The van der Waals surface area contributed by atoms with Gasteiger partial charge in [0, 0.05) is 45.7 Å². The van der Waals surface area contributed by atoms with E-state index in [0.717, 1.165) is 34.6 Å². The average Bonchev–Trinajstić information content (AvgIpc) is 2.85. The summed E-state index contributed by atoms with van der Waals surface area (Å²) in [6.07, 6.45) is -7.97. The molecule has 214 valence electrons. The first-order valence-corrected chi connectivity index (χ1v) is 11.9. The summed E-state index contributed by atoms with van der Waals surface area (Å²) >= 11 is 0. The molecule has 0 spiro atoms. The predicted octanol–water partition coefficient (Wildman–Crippen LogP) is 0.940. The van der Waals surface area contributed by atoms with Crippen molar-refractivity contribution in [1.29, 1.82) is 0 Å². The van der Waals surface area contributed by atoms with Crippen molar-refractivity contribution in [2.24, 2.45) is 0 Å². The molecule has 14 nitrogen and oxygen atoms in total. The number of ether oxygens (including phenoxy) is 7. The second-order valence-electron chi connectivity index (χ2n) is 8.64. The highest BCUT2D eigenvalue weighted by molar-refractivity contribution is 6.25. The van der Waals surface area contributed by atoms with Crippen LogP contribution < -0.4 is 0 Å². The number of Topliss-reactive ketones (excluding diaryl/α,β-unsaturated/α-hetero) is 2. The molecule has 1 aliphatic carbocycles. The topological polar surface area (TPSA) is 184 Å². The standard InChI is InChI=1S/C26H26O14/c1-11(27)34-10-18-21(35-12(2)28)24(37-14(4)30)25(38-15(5)31)26(39-18)40-23-20(33)17-9-7-6-8-16(17)19(32)22(23)36-13(3)29/h6-9,18,21,24-26H,10H2,1-5H3/t18-,21-,24+,25-,26+/m1/s1. The molecule has 0 bridgehead atoms. The minimum Gasteiger partial charge on any atom is -0.463 e. The predicted molar refractivity (Wildman–Crippen MR) is 127 cm³/mol. The third-order valence-corrected chi connectivity index (χ3v) is 5.46. The van der Waals surface area contributed by atoms with E-state index < -0.39 is 90.2 Å². The van der Waals surface area contributed by atoms with Crippen LogP contribution >= 0.6 is 0 Å². The quantitative estimate of drug-likeness (QED) is 0.322. The van der Waals surface area contributed by atoms with E-state index >= 15 is 0 Å². The number of fused-ring (bicyclic) bond motifs is 1. The zero-order chi connectivity index (χ0) is 29.7. The van der Waals surface area contributed by atoms with Gasteiger partial charge in [0.25, 0.3) is 0 Å². The Kier molecular flexibility index (Phi) is 9.37. The molecule has 0 N–H and O–H groups in total. The smallest absolute Gasteiger partial charge is 0.308 e. The van der Waals surface area contributed by atoms with Crippen LogP contribution in [0.25, 0.3) is 0 Å². The normalized spacial score (nSPS) is 23.9. The first-order valence-electron chi connectivity index (χ1n) is 11.9. The van der Waals surface area contributed by atoms with E-state index in [0.29, 0.717) is 0 Å². The van der Waals surface area contributed by atoms with Crippen molar-refractivity contribution in [3.63, 3.8) is 0 Å². The van der Waals surface area contributed by atoms with Crippen LogP contribution in [-0.2, 0) is 57.1 Å². The summed E-state index contributed by atoms with van der Waals surface area (Å²) in [4.78, 5) is 85.8. The van der Waals surface area contributed by atoms with Crippen molar-refractivity contribution >= 4 is 41.4 Å². The second kappa shape index (κ2) is 12.5. The molecule has 1 aromatic rings. The molecule has 0 aromatic heterocycles. The Bertz CT molecular complexity index is 1280. The van der Waals surface area contributed by atoms with E-state index in [1.807, 2.05) is 0 Å². The SMILES string of the molecule is CC(=O)OC[C@H]1O[C@@H](OC2=C(OC(C)=O)C(=O)c3ccccc3C2=O)[C@H](OC(C)=O)[C@@H](OC(C)=O)[C@@H]1OC(C)=O. The van der Waals surface area contributed by atoms with Crippen LogP contribution in [-0.4, -0.2) is 78.7 Å². The van der Waals surface area contributed by atoms with Crippen molar-refractivity contribution < 1.29 is 66.7 Å². The molecule has 1 fully saturated rings. The number of carbonyl (C=O) groups is 7. The van der Waals surface area contributed by atoms with Crippen molar-refractivity contribution in [1.82, 2.24) is 0 Å². The molecule has 0 unspecified atom stereocenters. The number of benzene rings is 1. The maximum Gasteiger partial charge on any atom is 0.308 e. The fourth-order valence-corrected chi connectivity index (χ4v) is 4.07. The molecule has 1 heterocycles. The van der Waals surface area contributed by atoms with Gasteiger partial charge in [-0.3, -0.25) is 33.6 Å². The van der Waals surface area contributed by atoms with Crippen LogP contribution in [0.5, 0.6) is 0 Å². The Morgan fingerprint density at radius 1 is 0.675 bits per heavy atom. The molecular formula is C26H26O14. The highest BCUT2D eigenvalue weighted by atomic mass is 16.7. The van der Waals surface area contributed by atoms with E-state index in [1.165, 1.54) is 24.3 Å². The molecule has 1 aliphatic heterocycles. The van der Waals surface area contributed by atoms with Gasteiger partial charge in [0.1, 0.15) is 12.7 Å². The summed E-state index contributed by atoms with van der Waals surface area (Å²) in [5, 5.41) is 0. The van der Waals surface area contributed by atoms with Gasteiger partial charge in [-0.1, -0.05) is 24.3 Å². The lowest BCUT2D eigenvalue weighted by atomic mass is 9.92. The Balaban J connectivity index is 2.14. The van der Waals surface area contributed by atoms with E-state index in [4.69, 9.17) is 33.2 Å². The van der Waals surface area contributed by atoms with Crippen LogP contribution in [0.2, 0.25) is 0 Å². The third-order valence-electron chi connectivity index (χ3n) is 5.46. The summed E-state index contributed by atoms with van der Waals surface area (Å²) in [5.41, 5.74) is -0.137. The molecule has 0 amide bonds. The molecule has 1 aromatic carbocycles. The Morgan fingerprint density at radius 2 is 1.18 bits per heavy atom. The summed E-state index contributed by atoms with van der Waals surface area (Å²) in [6, 6.07) is 5.69. The fourth-order valence-electron chi connectivity index (χ4n) is 4.07. The van der Waals surface area contributed by atoms with Crippen LogP contribution in [0, 0.1) is 0 Å². The van der Waals surface area contributed by atoms with E-state index in [1.54, 1.807) is 0 Å². The largest absolute Gasteiger partial charge is 0.463 e. The van der Waals surface area contributed by atoms with Crippen LogP contribution in [0.1, 0.15) is 55.3 Å². The number of hydrogen-bond donors (Lipinski definition) is 0. The molecule has 0 saturated carbocycles. The van der Waals surface area contributed by atoms with Gasteiger partial charge in [-0.15, -0.1) is 0 Å². The summed E-state index contributed by atoms with van der Waals surface area (Å²) in [7, 11) is 0. The minimum atomic E-state index is -1.83. The third kappa shape index (κ3) is 6.88. The van der Waals surface area contributed by atoms with Gasteiger partial charge in [0.2, 0.25) is 35.5 Å². The van der Waals surface area contributed by atoms with Gasteiger partial charge in [-0.2, -0.15) is 0 Å². The van der Waals surface area contributed by atoms with Gasteiger partial charge < -0.3 is 33.2 Å². The number of esters is 5. The van der Waals surface area contributed by atoms with Crippen LogP contribution in [0.3, 0.4) is 0 Å². The second-order valence-corrected chi connectivity index (χ2v) is 8.64. The maximum atomic E-state index is 13.4. The molecular weight excluding hydrogens is 536 g/mol. The lowest BCUT2D eigenvalue weighted by Crippen LogP contribution is -2.63. The van der Waals surface area contributed by atoms with Crippen molar-refractivity contribution in [3.05, 3.63) is 46.9 Å². The van der Waals surface area contributed by atoms with E-state index in [-0.39, 0.29) is 11.1 Å². The van der Waals surface area contributed by atoms with Gasteiger partial charge in [0.05, 0.1) is 0 Å². The molecule has 1 saturated heterocycles. The van der Waals surface area contributed by atoms with Crippen molar-refractivity contribution in [2.75, 3.05) is 6.61 Å². The number of allylic oxidation sites excluding steroid dienone is 2. The number of ketones is 2. The van der Waals surface area contributed by atoms with Gasteiger partial charge >= 0.3 is 29.8 Å². The average molecular weight is 562 g/mol. The molecule has 5 atom stereocenters. The Hall–Kier alpha value is -4.59. The molecule has 40 heavy (non-hydrogen) atoms. The Labute approximate surface area is 227 Å². The van der Waals surface area contributed by atoms with Gasteiger partial charge in [-0.05, 0) is 0 Å². The molecule has 14 heteroatoms. The number of carbonyl (C=O) groups excluding carboxylic acids is 7. The fraction of sp³-hybridized carbons (Fsp3) is 0.423. The number of hydrogen-bond acceptors (Lipinski definition) is 14. The highest BCUT2D eigenvalue weighted by Crippen LogP contribution is 2.34. The first kappa shape index (κ1) is 30.0. The van der Waals surface area contributed by atoms with Crippen molar-refractivity contribution in [2.45, 2.75) is 65.3 Å². The molecule has 3 rings (SSSR count). The lowest BCUT2D eigenvalue weighted by molar-refractivity contribution is -0.299.